The average molecular weight is 321 g/mol. The van der Waals surface area contributed by atoms with Gasteiger partial charge in [0.25, 0.3) is 0 Å². The minimum absolute atomic E-state index is 0.169. The Kier molecular flexibility index (Phi) is 3.80. The number of azo groups is 1. The molecular weight excluding hydrogens is 312 g/mol. The van der Waals surface area contributed by atoms with E-state index in [2.05, 4.69) is 20.2 Å². The molecule has 1 aliphatic heterocycles. The Labute approximate surface area is 124 Å². The van der Waals surface area contributed by atoms with Crippen LogP contribution < -0.4 is 0 Å². The lowest BCUT2D eigenvalue weighted by molar-refractivity contribution is -0.144. The van der Waals surface area contributed by atoms with Gasteiger partial charge in [-0.25, -0.2) is 4.79 Å². The summed E-state index contributed by atoms with van der Waals surface area (Å²) in [6.07, 6.45) is 0. The van der Waals surface area contributed by atoms with Crippen LogP contribution in [0.5, 0.6) is 0 Å². The Morgan fingerprint density at radius 2 is 1.95 bits per heavy atom. The summed E-state index contributed by atoms with van der Waals surface area (Å²) in [6, 6.07) is 3.09. The highest BCUT2D eigenvalue weighted by atomic mass is 35.5. The van der Waals surface area contributed by atoms with Gasteiger partial charge < -0.3 is 4.84 Å². The van der Waals surface area contributed by atoms with Crippen molar-refractivity contribution in [2.75, 3.05) is 0 Å². The zero-order valence-electron chi connectivity index (χ0n) is 9.95. The molecule has 0 saturated heterocycles. The summed E-state index contributed by atoms with van der Waals surface area (Å²) in [4.78, 5) is 16.1. The molecule has 1 atom stereocenters. The molecule has 0 amide bonds. The summed E-state index contributed by atoms with van der Waals surface area (Å²) in [5, 5.41) is 12.1. The third-order valence-corrected chi connectivity index (χ3v) is 4.02. The molecule has 2 rings (SSSR count). The van der Waals surface area contributed by atoms with E-state index in [0.29, 0.717) is 16.4 Å². The Morgan fingerprint density at radius 3 is 2.53 bits per heavy atom. The second kappa shape index (κ2) is 5.07. The Morgan fingerprint density at radius 1 is 1.26 bits per heavy atom. The highest BCUT2D eigenvalue weighted by Crippen LogP contribution is 2.38. The second-order valence-corrected chi connectivity index (χ2v) is 5.19. The molecule has 0 aromatic heterocycles. The first kappa shape index (κ1) is 14.2. The molecule has 100 valence electrons. The normalized spacial score (nSPS) is 22.8. The van der Waals surface area contributed by atoms with Gasteiger partial charge in [-0.05, 0) is 26.0 Å². The van der Waals surface area contributed by atoms with Gasteiger partial charge in [0, 0.05) is 0 Å². The van der Waals surface area contributed by atoms with Crippen LogP contribution in [0.2, 0.25) is 15.1 Å². The number of nitrogens with zero attached hydrogens (tertiary/aromatic N) is 3. The summed E-state index contributed by atoms with van der Waals surface area (Å²) in [7, 11) is 0. The molecule has 0 saturated carbocycles. The lowest BCUT2D eigenvalue weighted by atomic mass is 9.99. The van der Waals surface area contributed by atoms with E-state index in [-0.39, 0.29) is 10.0 Å². The van der Waals surface area contributed by atoms with Crippen LogP contribution in [0, 0.1) is 0 Å². The van der Waals surface area contributed by atoms with E-state index < -0.39 is 11.5 Å². The highest BCUT2D eigenvalue weighted by Gasteiger charge is 2.44. The first-order chi connectivity index (χ1) is 8.86. The zero-order chi connectivity index (χ0) is 14.2. The van der Waals surface area contributed by atoms with Gasteiger partial charge >= 0.3 is 5.97 Å². The molecule has 0 radical (unpaired) electrons. The maximum absolute atomic E-state index is 11.6. The smallest absolute Gasteiger partial charge is 0.315 e. The third kappa shape index (κ3) is 2.45. The van der Waals surface area contributed by atoms with Gasteiger partial charge in [-0.15, -0.1) is 0 Å². The molecule has 0 N–H and O–H groups in total. The Bertz CT molecular complexity index is 615. The van der Waals surface area contributed by atoms with Gasteiger partial charge in [0.05, 0.1) is 20.8 Å². The van der Waals surface area contributed by atoms with Crippen LogP contribution in [0.25, 0.3) is 0 Å². The standard InChI is InChI=1S/C11H8Cl3N3O2/c1-5-11(2,10(18)19-16-5)17-15-7-4-3-6(12)8(13)9(7)14/h3-4H,1-2H3. The van der Waals surface area contributed by atoms with Gasteiger partial charge in [0.2, 0.25) is 5.54 Å². The molecule has 1 unspecified atom stereocenters. The number of halogens is 3. The van der Waals surface area contributed by atoms with Gasteiger partial charge in [0.15, 0.2) is 0 Å². The van der Waals surface area contributed by atoms with E-state index in [1.54, 1.807) is 26.0 Å². The monoisotopic (exact) mass is 319 g/mol. The van der Waals surface area contributed by atoms with Crippen LogP contribution in [0.3, 0.4) is 0 Å². The average Bonchev–Trinajstić information content (AvgIpc) is 2.63. The van der Waals surface area contributed by atoms with Crippen molar-refractivity contribution >= 4 is 52.2 Å². The molecular formula is C11H8Cl3N3O2. The summed E-state index contributed by atoms with van der Waals surface area (Å²) < 4.78 is 0. The predicted octanol–water partition coefficient (Wildman–Crippen LogP) is 4.42. The van der Waals surface area contributed by atoms with Crippen LogP contribution in [-0.2, 0) is 9.63 Å². The van der Waals surface area contributed by atoms with Gasteiger partial charge in [-0.1, -0.05) is 40.0 Å². The molecule has 5 nitrogen and oxygen atoms in total. The van der Waals surface area contributed by atoms with Crippen molar-refractivity contribution in [2.45, 2.75) is 19.4 Å². The largest absolute Gasteiger partial charge is 0.369 e. The number of oxime groups is 1. The van der Waals surface area contributed by atoms with Crippen molar-refractivity contribution in [1.29, 1.82) is 0 Å². The fourth-order valence-corrected chi connectivity index (χ4v) is 1.86. The number of carbonyl (C=O) groups is 1. The topological polar surface area (TPSA) is 63.4 Å². The molecule has 1 heterocycles. The quantitative estimate of drug-likeness (QED) is 0.460. The van der Waals surface area contributed by atoms with E-state index in [9.17, 15) is 4.79 Å². The van der Waals surface area contributed by atoms with Crippen molar-refractivity contribution in [3.63, 3.8) is 0 Å². The fraction of sp³-hybridized carbons (Fsp3) is 0.273. The molecule has 19 heavy (non-hydrogen) atoms. The van der Waals surface area contributed by atoms with Crippen LogP contribution in [0.1, 0.15) is 13.8 Å². The lowest BCUT2D eigenvalue weighted by Gasteiger charge is -2.11. The predicted molar refractivity (Wildman–Crippen MR) is 73.6 cm³/mol. The minimum atomic E-state index is -1.24. The number of benzene rings is 1. The second-order valence-electron chi connectivity index (χ2n) is 4.02. The number of carbonyl (C=O) groups excluding carboxylic acids is 1. The molecule has 8 heteroatoms. The fourth-order valence-electron chi connectivity index (χ4n) is 1.30. The maximum Gasteiger partial charge on any atom is 0.369 e. The van der Waals surface area contributed by atoms with Crippen molar-refractivity contribution in [3.05, 3.63) is 27.2 Å². The van der Waals surface area contributed by atoms with E-state index in [0.717, 1.165) is 0 Å². The van der Waals surface area contributed by atoms with Crippen molar-refractivity contribution in [3.8, 4) is 0 Å². The van der Waals surface area contributed by atoms with Crippen molar-refractivity contribution < 1.29 is 9.63 Å². The van der Waals surface area contributed by atoms with E-state index in [4.69, 9.17) is 34.8 Å². The highest BCUT2D eigenvalue weighted by molar-refractivity contribution is 6.49. The van der Waals surface area contributed by atoms with Gasteiger partial charge in [0.1, 0.15) is 5.69 Å². The van der Waals surface area contributed by atoms with Gasteiger partial charge in [-0.3, -0.25) is 0 Å². The van der Waals surface area contributed by atoms with Crippen LogP contribution in [-0.4, -0.2) is 17.2 Å². The summed E-state index contributed by atoms with van der Waals surface area (Å²) >= 11 is 17.7. The van der Waals surface area contributed by atoms with Crippen LogP contribution in [0.15, 0.2) is 27.5 Å². The molecule has 0 fully saturated rings. The summed E-state index contributed by atoms with van der Waals surface area (Å²) in [6.45, 7) is 3.18. The van der Waals surface area contributed by atoms with Gasteiger partial charge in [-0.2, -0.15) is 10.2 Å². The van der Waals surface area contributed by atoms with E-state index >= 15 is 0 Å². The zero-order valence-corrected chi connectivity index (χ0v) is 12.2. The van der Waals surface area contributed by atoms with E-state index in [1.165, 1.54) is 0 Å². The van der Waals surface area contributed by atoms with Crippen LogP contribution >= 0.6 is 34.8 Å². The SMILES string of the molecule is CC1=NOC(=O)C1(C)N=Nc1ccc(Cl)c(Cl)c1Cl. The summed E-state index contributed by atoms with van der Waals surface area (Å²) in [5.74, 6) is -0.593. The molecule has 0 spiro atoms. The first-order valence-electron chi connectivity index (χ1n) is 5.19. The maximum atomic E-state index is 11.6. The molecule has 1 aliphatic rings. The Hall–Kier alpha value is -1.17. The van der Waals surface area contributed by atoms with E-state index in [1.807, 2.05) is 0 Å². The molecule has 1 aromatic rings. The Balaban J connectivity index is 2.37. The van der Waals surface area contributed by atoms with Crippen LogP contribution in [0.4, 0.5) is 5.69 Å². The first-order valence-corrected chi connectivity index (χ1v) is 6.32. The number of rotatable bonds is 2. The number of hydrogen-bond donors (Lipinski definition) is 0. The van der Waals surface area contributed by atoms with Crippen molar-refractivity contribution in [2.24, 2.45) is 15.4 Å². The minimum Gasteiger partial charge on any atom is -0.315 e. The molecule has 0 aliphatic carbocycles. The van der Waals surface area contributed by atoms with Crippen molar-refractivity contribution in [1.82, 2.24) is 0 Å². The third-order valence-electron chi connectivity index (χ3n) is 2.74. The lowest BCUT2D eigenvalue weighted by Crippen LogP contribution is -2.35. The summed E-state index contributed by atoms with van der Waals surface area (Å²) in [5.41, 5.74) is -0.516. The molecule has 0 bridgehead atoms. The molecule has 1 aromatic carbocycles. The number of hydrogen-bond acceptors (Lipinski definition) is 5.